The van der Waals surface area contributed by atoms with Crippen LogP contribution in [0.25, 0.3) is 0 Å². The third-order valence-electron chi connectivity index (χ3n) is 11.8. The van der Waals surface area contributed by atoms with Crippen molar-refractivity contribution in [1.29, 1.82) is 0 Å². The number of ether oxygens (including phenoxy) is 6. The van der Waals surface area contributed by atoms with Crippen molar-refractivity contribution >= 4 is 11.8 Å². The molecule has 15 heteroatoms. The van der Waals surface area contributed by atoms with Crippen LogP contribution in [0.3, 0.4) is 0 Å². The third-order valence-corrected chi connectivity index (χ3v) is 11.8. The molecule has 0 spiro atoms. The molecule has 3 saturated heterocycles. The lowest BCUT2D eigenvalue weighted by Crippen LogP contribution is -2.61. The molecule has 0 radical (unpaired) electrons. The lowest BCUT2D eigenvalue weighted by molar-refractivity contribution is -0.318. The van der Waals surface area contributed by atoms with Crippen molar-refractivity contribution in [2.75, 3.05) is 21.2 Å². The second kappa shape index (κ2) is 18.1. The number of esters is 1. The summed E-state index contributed by atoms with van der Waals surface area (Å²) in [5.74, 6) is -4.98. The smallest absolute Gasteiger partial charge is 0.311 e. The van der Waals surface area contributed by atoms with Gasteiger partial charge in [-0.3, -0.25) is 9.59 Å². The average Bonchev–Trinajstić information content (AvgIpc) is 3.05. The Labute approximate surface area is 310 Å². The van der Waals surface area contributed by atoms with E-state index in [1.807, 2.05) is 25.9 Å². The molecule has 0 aromatic heterocycles. The first-order valence-corrected chi connectivity index (χ1v) is 18.5. The Morgan fingerprint density at radius 2 is 1.48 bits per heavy atom. The van der Waals surface area contributed by atoms with Gasteiger partial charge >= 0.3 is 5.97 Å². The van der Waals surface area contributed by atoms with Gasteiger partial charge in [0, 0.05) is 37.3 Å². The third kappa shape index (κ3) is 9.90. The molecule has 3 rings (SSSR count). The number of carbonyl (C=O) groups is 2. The van der Waals surface area contributed by atoms with Gasteiger partial charge in [-0.2, -0.15) is 0 Å². The molecule has 0 unspecified atom stereocenters. The summed E-state index contributed by atoms with van der Waals surface area (Å²) >= 11 is 0. The van der Waals surface area contributed by atoms with Crippen LogP contribution in [-0.2, 0) is 38.0 Å². The molecule has 8 N–H and O–H groups in total. The molecule has 3 fully saturated rings. The molecule has 0 bridgehead atoms. The van der Waals surface area contributed by atoms with Gasteiger partial charge in [-0.05, 0) is 74.9 Å². The van der Waals surface area contributed by atoms with Crippen molar-refractivity contribution in [3.8, 4) is 0 Å². The second-order valence-corrected chi connectivity index (χ2v) is 16.5. The number of carbonyl (C=O) groups excluding carboxylic acids is 2. The Morgan fingerprint density at radius 3 is 2.02 bits per heavy atom. The van der Waals surface area contributed by atoms with Crippen molar-refractivity contribution in [3.63, 3.8) is 0 Å². The molecule has 306 valence electrons. The number of rotatable bonds is 7. The summed E-state index contributed by atoms with van der Waals surface area (Å²) in [4.78, 5) is 29.8. The minimum Gasteiger partial charge on any atom is -0.459 e. The van der Waals surface area contributed by atoms with Crippen LogP contribution in [-0.4, -0.2) is 148 Å². The number of aliphatic hydroxyl groups is 5. The van der Waals surface area contributed by atoms with E-state index in [0.717, 1.165) is 0 Å². The van der Waals surface area contributed by atoms with Gasteiger partial charge in [0.2, 0.25) is 0 Å². The van der Waals surface area contributed by atoms with Crippen molar-refractivity contribution < 1.29 is 63.5 Å². The van der Waals surface area contributed by atoms with Crippen LogP contribution in [0.2, 0.25) is 0 Å². The zero-order valence-electron chi connectivity index (χ0n) is 33.6. The summed E-state index contributed by atoms with van der Waals surface area (Å²) in [7, 11) is 5.18. The zero-order chi connectivity index (χ0) is 39.0. The van der Waals surface area contributed by atoms with Crippen molar-refractivity contribution in [3.05, 3.63) is 0 Å². The van der Waals surface area contributed by atoms with Gasteiger partial charge in [-0.1, -0.05) is 27.7 Å². The quantitative estimate of drug-likeness (QED) is 0.204. The van der Waals surface area contributed by atoms with Crippen LogP contribution in [0.15, 0.2) is 0 Å². The van der Waals surface area contributed by atoms with Crippen molar-refractivity contribution in [2.24, 2.45) is 23.7 Å². The van der Waals surface area contributed by atoms with Crippen molar-refractivity contribution in [2.45, 2.75) is 179 Å². The molecular weight excluding hydrogens is 680 g/mol. The maximum Gasteiger partial charge on any atom is 0.311 e. The van der Waals surface area contributed by atoms with Gasteiger partial charge in [0.15, 0.2) is 12.6 Å². The van der Waals surface area contributed by atoms with Gasteiger partial charge in [-0.15, -0.1) is 0 Å². The van der Waals surface area contributed by atoms with E-state index in [1.54, 1.807) is 41.5 Å². The number of cyclic esters (lactones) is 1. The number of likely N-dealkylation sites (N-methyl/N-ethyl adjacent to an activating group) is 1. The largest absolute Gasteiger partial charge is 0.459 e. The fourth-order valence-corrected chi connectivity index (χ4v) is 8.41. The summed E-state index contributed by atoms with van der Waals surface area (Å²) in [5.41, 5.74) is -4.84. The normalized spacial score (nSPS) is 48.8. The van der Waals surface area contributed by atoms with E-state index >= 15 is 0 Å². The number of Topliss-reactive ketones (excluding diaryl/α,β-unsaturated/α-hetero) is 1. The minimum absolute atomic E-state index is 0. The Balaban J connectivity index is 0.00000936. The number of hydrogen-bond donors (Lipinski definition) is 6. The van der Waals surface area contributed by atoms with Crippen LogP contribution < -0.4 is 6.15 Å². The van der Waals surface area contributed by atoms with Gasteiger partial charge in [0.25, 0.3) is 0 Å². The molecule has 3 aliphatic heterocycles. The van der Waals surface area contributed by atoms with E-state index in [2.05, 4.69) is 0 Å². The fourth-order valence-electron chi connectivity index (χ4n) is 8.41. The number of aliphatic hydroxyl groups excluding tert-OH is 3. The summed E-state index contributed by atoms with van der Waals surface area (Å²) in [6, 6.07) is -0.324. The highest BCUT2D eigenvalue weighted by molar-refractivity contribution is 5.83. The maximum absolute atomic E-state index is 14.1. The number of hydrogen-bond acceptors (Lipinski definition) is 15. The van der Waals surface area contributed by atoms with Crippen LogP contribution in [0.4, 0.5) is 0 Å². The van der Waals surface area contributed by atoms with Crippen LogP contribution in [0.1, 0.15) is 94.9 Å². The molecule has 3 heterocycles. The van der Waals surface area contributed by atoms with Crippen LogP contribution in [0, 0.1) is 23.7 Å². The first kappa shape index (κ1) is 46.8. The maximum atomic E-state index is 14.1. The zero-order valence-corrected chi connectivity index (χ0v) is 33.6. The monoisotopic (exact) mass is 750 g/mol. The Kier molecular flexibility index (Phi) is 16.3. The molecule has 0 aliphatic carbocycles. The van der Waals surface area contributed by atoms with E-state index in [4.69, 9.17) is 28.4 Å². The lowest BCUT2D eigenvalue weighted by Gasteiger charge is -2.49. The second-order valence-electron chi connectivity index (χ2n) is 16.5. The highest BCUT2D eigenvalue weighted by Gasteiger charge is 2.53. The first-order valence-electron chi connectivity index (χ1n) is 18.5. The molecule has 3 aliphatic rings. The summed E-state index contributed by atoms with van der Waals surface area (Å²) in [6.07, 6.45) is -9.71. The van der Waals surface area contributed by atoms with Crippen LogP contribution >= 0.6 is 0 Å². The summed E-state index contributed by atoms with van der Waals surface area (Å²) in [5, 5.41) is 57.6. The average molecular weight is 751 g/mol. The fraction of sp³-hybridized carbons (Fsp3) is 0.946. The molecule has 0 aromatic rings. The molecule has 0 aromatic carbocycles. The first-order chi connectivity index (χ1) is 23.4. The highest BCUT2D eigenvalue weighted by Crippen LogP contribution is 2.40. The minimum atomic E-state index is -1.99. The molecule has 0 amide bonds. The molecule has 18 atom stereocenters. The van der Waals surface area contributed by atoms with E-state index in [-0.39, 0.29) is 37.6 Å². The summed E-state index contributed by atoms with van der Waals surface area (Å²) < 4.78 is 37.1. The Bertz CT molecular complexity index is 1170. The van der Waals surface area contributed by atoms with E-state index in [1.165, 1.54) is 27.9 Å². The van der Waals surface area contributed by atoms with E-state index < -0.39 is 108 Å². The molecular formula is C37H70N2O13. The summed E-state index contributed by atoms with van der Waals surface area (Å²) in [6.45, 7) is 16.3. The number of methoxy groups -OCH3 is 1. The van der Waals surface area contributed by atoms with Gasteiger partial charge in [0.05, 0.1) is 47.6 Å². The van der Waals surface area contributed by atoms with Crippen LogP contribution in [0.5, 0.6) is 0 Å². The van der Waals surface area contributed by atoms with Gasteiger partial charge < -0.3 is 65.0 Å². The topological polar surface area (TPSA) is 229 Å². The number of ketones is 1. The van der Waals surface area contributed by atoms with Crippen molar-refractivity contribution in [1.82, 2.24) is 11.1 Å². The predicted octanol–water partition coefficient (Wildman–Crippen LogP) is 1.95. The van der Waals surface area contributed by atoms with E-state index in [9.17, 15) is 35.1 Å². The standard InChI is InChI=1S/C37H67NO13.H3N/c1-14-25-37(10,45)30(41)20(4)27(39)18(2)16-35(8,44)32(51-34-28(40)24(38(11)12)15-19(3)47-34)21(5)29(22(6)33(43)49-25)50-26-17-36(9,46-13)31(42)23(7)48-26;/h18-26,28-32,34,40-42,44-45H,14-17H2,1-13H3;1H3/t18-,19-,20+,21+,22-,23+,24+,25-,26+,28-,29+,30-,31+,32-,34+,35-,36-,37-;/m1./s1. The van der Waals surface area contributed by atoms with Gasteiger partial charge in [0.1, 0.15) is 29.7 Å². The predicted molar refractivity (Wildman–Crippen MR) is 191 cm³/mol. The Morgan fingerprint density at radius 1 is 0.885 bits per heavy atom. The SMILES string of the molecule is CC[C@H]1OC(=O)[C@H](C)[C@@H](O[C@H]2C[C@@](C)(OC)[C@@H](O)[C@H](C)O2)[C@H](C)[C@@H](O[C@@H]2O[C@H](C)C[C@H](N(C)C)[C@H]2O)[C@](C)(O)C[C@@H](C)C(=O)[C@H](C)[C@@H](O)[C@]1(C)O.N. The highest BCUT2D eigenvalue weighted by atomic mass is 16.7. The lowest BCUT2D eigenvalue weighted by atomic mass is 9.74. The van der Waals surface area contributed by atoms with Gasteiger partial charge in [-0.25, -0.2) is 0 Å². The number of nitrogens with zero attached hydrogens (tertiary/aromatic N) is 1. The Hall–Kier alpha value is -1.34. The molecule has 52 heavy (non-hydrogen) atoms. The van der Waals surface area contributed by atoms with E-state index in [0.29, 0.717) is 6.42 Å². The molecule has 15 nitrogen and oxygen atoms in total. The molecule has 0 saturated carbocycles.